The van der Waals surface area contributed by atoms with Crippen LogP contribution in [0.2, 0.25) is 5.02 Å². The molecule has 2 atom stereocenters. The molecule has 1 fully saturated rings. The van der Waals surface area contributed by atoms with Crippen LogP contribution in [0.25, 0.3) is 0 Å². The zero-order chi connectivity index (χ0) is 16.5. The van der Waals surface area contributed by atoms with Crippen molar-refractivity contribution in [2.24, 2.45) is 11.8 Å². The highest BCUT2D eigenvalue weighted by Gasteiger charge is 2.40. The lowest BCUT2D eigenvalue weighted by Crippen LogP contribution is -1.97. The molecule has 1 saturated carbocycles. The van der Waals surface area contributed by atoms with Crippen molar-refractivity contribution in [1.29, 1.82) is 0 Å². The van der Waals surface area contributed by atoms with Crippen molar-refractivity contribution in [3.05, 3.63) is 41.4 Å². The third-order valence-corrected chi connectivity index (χ3v) is 5.01. The van der Waals surface area contributed by atoms with Gasteiger partial charge in [-0.15, -0.1) is 0 Å². The molecule has 2 nitrogen and oxygen atoms in total. The maximum atomic E-state index is 8.95. The number of aliphatic hydroxyl groups is 1. The third kappa shape index (κ3) is 6.56. The summed E-state index contributed by atoms with van der Waals surface area (Å²) < 4.78 is 5.69. The summed E-state index contributed by atoms with van der Waals surface area (Å²) in [6, 6.07) is 7.54. The van der Waals surface area contributed by atoms with Crippen LogP contribution < -0.4 is 4.74 Å². The number of rotatable bonds is 12. The molecule has 2 unspecified atom stereocenters. The molecular formula is C20H29ClO2. The van der Waals surface area contributed by atoms with Crippen LogP contribution in [-0.4, -0.2) is 18.3 Å². The maximum absolute atomic E-state index is 8.95. The van der Waals surface area contributed by atoms with Crippen molar-refractivity contribution in [2.45, 2.75) is 51.4 Å². The fraction of sp³-hybridized carbons (Fsp3) is 0.600. The monoisotopic (exact) mass is 336 g/mol. The number of unbranched alkanes of at least 4 members (excludes halogenated alkanes) is 5. The molecule has 23 heavy (non-hydrogen) atoms. The van der Waals surface area contributed by atoms with Gasteiger partial charge in [0.25, 0.3) is 0 Å². The van der Waals surface area contributed by atoms with Gasteiger partial charge in [-0.2, -0.15) is 0 Å². The first-order chi connectivity index (χ1) is 11.2. The first kappa shape index (κ1) is 18.4. The molecule has 0 spiro atoms. The summed E-state index contributed by atoms with van der Waals surface area (Å²) in [7, 11) is 0. The van der Waals surface area contributed by atoms with Crippen molar-refractivity contribution in [3.8, 4) is 5.75 Å². The molecule has 2 rings (SSSR count). The Balaban J connectivity index is 1.39. The summed E-state index contributed by atoms with van der Waals surface area (Å²) in [5.74, 6) is 2.22. The van der Waals surface area contributed by atoms with Crippen molar-refractivity contribution in [2.75, 3.05) is 13.2 Å². The van der Waals surface area contributed by atoms with Crippen LogP contribution in [0.3, 0.4) is 0 Å². The fourth-order valence-electron chi connectivity index (χ4n) is 3.25. The predicted molar refractivity (Wildman–Crippen MR) is 97.1 cm³/mol. The van der Waals surface area contributed by atoms with Crippen LogP contribution in [0, 0.1) is 11.8 Å². The van der Waals surface area contributed by atoms with Crippen molar-refractivity contribution >= 4 is 11.6 Å². The summed E-state index contributed by atoms with van der Waals surface area (Å²) in [6.45, 7) is 5.18. The van der Waals surface area contributed by atoms with Crippen molar-refractivity contribution < 1.29 is 9.84 Å². The van der Waals surface area contributed by atoms with E-state index >= 15 is 0 Å². The van der Waals surface area contributed by atoms with Gasteiger partial charge in [0.05, 0.1) is 6.61 Å². The molecule has 1 N–H and O–H groups in total. The average molecular weight is 337 g/mol. The fourth-order valence-corrected chi connectivity index (χ4v) is 3.38. The molecular weight excluding hydrogens is 308 g/mol. The average Bonchev–Trinajstić information content (AvgIpc) is 3.16. The van der Waals surface area contributed by atoms with E-state index in [1.165, 1.54) is 44.1 Å². The van der Waals surface area contributed by atoms with Crippen molar-refractivity contribution in [3.63, 3.8) is 0 Å². The van der Waals surface area contributed by atoms with E-state index in [0.29, 0.717) is 18.4 Å². The van der Waals surface area contributed by atoms with Gasteiger partial charge in [0.15, 0.2) is 0 Å². The molecule has 3 heteroatoms. The third-order valence-electron chi connectivity index (χ3n) is 4.76. The van der Waals surface area contributed by atoms with E-state index in [2.05, 4.69) is 6.58 Å². The van der Waals surface area contributed by atoms with Crippen molar-refractivity contribution in [1.82, 2.24) is 0 Å². The predicted octanol–water partition coefficient (Wildman–Crippen LogP) is 5.63. The van der Waals surface area contributed by atoms with Crippen LogP contribution in [0.4, 0.5) is 0 Å². The van der Waals surface area contributed by atoms with Gasteiger partial charge >= 0.3 is 0 Å². The Morgan fingerprint density at radius 1 is 0.913 bits per heavy atom. The highest BCUT2D eigenvalue weighted by molar-refractivity contribution is 6.30. The Hall–Kier alpha value is -0.990. The molecule has 0 aliphatic heterocycles. The Kier molecular flexibility index (Phi) is 7.98. The largest absolute Gasteiger partial charge is 0.494 e. The van der Waals surface area contributed by atoms with E-state index < -0.39 is 0 Å². The van der Waals surface area contributed by atoms with Crippen LogP contribution in [0.15, 0.2) is 36.4 Å². The number of hydrogen-bond acceptors (Lipinski definition) is 2. The Labute approximate surface area is 145 Å². The lowest BCUT2D eigenvalue weighted by Gasteiger charge is -2.06. The molecule has 1 aliphatic carbocycles. The second kappa shape index (κ2) is 10.00. The lowest BCUT2D eigenvalue weighted by atomic mass is 10.1. The number of benzene rings is 1. The van der Waals surface area contributed by atoms with Crippen LogP contribution in [0.1, 0.15) is 51.4 Å². The molecule has 0 aromatic heterocycles. The lowest BCUT2D eigenvalue weighted by molar-refractivity contribution is 0.277. The molecule has 0 saturated heterocycles. The van der Waals surface area contributed by atoms with E-state index in [1.807, 2.05) is 24.3 Å². The van der Waals surface area contributed by atoms with Gasteiger partial charge in [-0.3, -0.25) is 0 Å². The normalized spacial score (nSPS) is 19.8. The SMILES string of the molecule is C=C1C(CCO)C1CCCCCCCCOc1ccc(Cl)cc1. The van der Waals surface area contributed by atoms with E-state index in [9.17, 15) is 0 Å². The van der Waals surface area contributed by atoms with Gasteiger partial charge in [-0.05, 0) is 55.4 Å². The number of aliphatic hydroxyl groups excluding tert-OH is 1. The Bertz CT molecular complexity index is 469. The Morgan fingerprint density at radius 2 is 1.52 bits per heavy atom. The quantitative estimate of drug-likeness (QED) is 0.395. The van der Waals surface area contributed by atoms with Gasteiger partial charge in [-0.25, -0.2) is 0 Å². The number of ether oxygens (including phenoxy) is 1. The summed E-state index contributed by atoms with van der Waals surface area (Å²) in [4.78, 5) is 0. The highest BCUT2D eigenvalue weighted by Crippen LogP contribution is 2.49. The number of allylic oxidation sites excluding steroid dienone is 1. The van der Waals surface area contributed by atoms with E-state index in [-0.39, 0.29) is 0 Å². The van der Waals surface area contributed by atoms with Gasteiger partial charge in [0.2, 0.25) is 0 Å². The van der Waals surface area contributed by atoms with Crippen LogP contribution in [0.5, 0.6) is 5.75 Å². The zero-order valence-corrected chi connectivity index (χ0v) is 14.7. The number of halogens is 1. The Morgan fingerprint density at radius 3 is 2.22 bits per heavy atom. The molecule has 1 aliphatic rings. The number of hydrogen-bond donors (Lipinski definition) is 1. The summed E-state index contributed by atoms with van der Waals surface area (Å²) in [5, 5.41) is 9.70. The zero-order valence-electron chi connectivity index (χ0n) is 14.0. The van der Waals surface area contributed by atoms with Gasteiger partial charge in [-0.1, -0.05) is 55.9 Å². The molecule has 0 amide bonds. The summed E-state index contributed by atoms with van der Waals surface area (Å²) in [5.41, 5.74) is 1.37. The summed E-state index contributed by atoms with van der Waals surface area (Å²) in [6.07, 6.45) is 9.73. The smallest absolute Gasteiger partial charge is 0.119 e. The minimum Gasteiger partial charge on any atom is -0.494 e. The molecule has 0 bridgehead atoms. The first-order valence-electron chi connectivity index (χ1n) is 8.90. The topological polar surface area (TPSA) is 29.5 Å². The molecule has 0 heterocycles. The summed E-state index contributed by atoms with van der Waals surface area (Å²) >= 11 is 5.84. The molecule has 128 valence electrons. The molecule has 1 aromatic carbocycles. The van der Waals surface area contributed by atoms with Gasteiger partial charge < -0.3 is 9.84 Å². The van der Waals surface area contributed by atoms with E-state index in [0.717, 1.165) is 30.2 Å². The minimum atomic E-state index is 0.304. The van der Waals surface area contributed by atoms with Crippen LogP contribution >= 0.6 is 11.6 Å². The highest BCUT2D eigenvalue weighted by atomic mass is 35.5. The maximum Gasteiger partial charge on any atom is 0.119 e. The first-order valence-corrected chi connectivity index (χ1v) is 9.28. The van der Waals surface area contributed by atoms with Crippen LogP contribution in [-0.2, 0) is 0 Å². The second-order valence-corrected chi connectivity index (χ2v) is 6.95. The molecule has 1 aromatic rings. The second-order valence-electron chi connectivity index (χ2n) is 6.51. The minimum absolute atomic E-state index is 0.304. The van der Waals surface area contributed by atoms with Gasteiger partial charge in [0.1, 0.15) is 5.75 Å². The van der Waals surface area contributed by atoms with Gasteiger partial charge in [0, 0.05) is 11.6 Å². The van der Waals surface area contributed by atoms with E-state index in [1.54, 1.807) is 0 Å². The van der Waals surface area contributed by atoms with E-state index in [4.69, 9.17) is 21.4 Å². The molecule has 0 radical (unpaired) electrons. The standard InChI is InChI=1S/C20H29ClO2/c1-16-19(20(16)13-14-22)8-6-4-2-3-5-7-15-23-18-11-9-17(21)10-12-18/h9-12,19-20,22H,1-8,13-15H2.